The Balaban J connectivity index is 2.22. The van der Waals surface area contributed by atoms with Crippen molar-refractivity contribution in [2.45, 2.75) is 6.54 Å². The highest BCUT2D eigenvalue weighted by Gasteiger charge is 2.19. The molecule has 0 fully saturated rings. The van der Waals surface area contributed by atoms with Crippen LogP contribution in [0.3, 0.4) is 0 Å². The highest BCUT2D eigenvalue weighted by atomic mass is 79.9. The van der Waals surface area contributed by atoms with Crippen molar-refractivity contribution in [2.75, 3.05) is 20.3 Å². The molecule has 21 heavy (non-hydrogen) atoms. The van der Waals surface area contributed by atoms with Crippen LogP contribution in [0.4, 0.5) is 0 Å². The van der Waals surface area contributed by atoms with E-state index in [1.54, 1.807) is 42.7 Å². The maximum absolute atomic E-state index is 12.7. The quantitative estimate of drug-likeness (QED) is 0.770. The van der Waals surface area contributed by atoms with Gasteiger partial charge in [-0.3, -0.25) is 4.79 Å². The Morgan fingerprint density at radius 1 is 1.43 bits per heavy atom. The molecule has 1 aromatic heterocycles. The average molecular weight is 373 g/mol. The molecule has 0 radical (unpaired) electrons. The number of carbonyl (C=O) groups excluding carboxylic acids is 1. The van der Waals surface area contributed by atoms with Gasteiger partial charge >= 0.3 is 0 Å². The Bertz CT molecular complexity index is 601. The molecule has 2 aromatic rings. The molecular formula is C15H15BrClNO3. The van der Waals surface area contributed by atoms with Crippen LogP contribution in [0.1, 0.15) is 15.9 Å². The van der Waals surface area contributed by atoms with Gasteiger partial charge < -0.3 is 14.1 Å². The highest BCUT2D eigenvalue weighted by molar-refractivity contribution is 9.10. The van der Waals surface area contributed by atoms with Crippen molar-refractivity contribution in [1.29, 1.82) is 0 Å². The van der Waals surface area contributed by atoms with Gasteiger partial charge in [-0.05, 0) is 24.3 Å². The summed E-state index contributed by atoms with van der Waals surface area (Å²) in [6, 6.07) is 7.05. The standard InChI is InChI=1S/C15H15BrClNO3/c1-20-7-5-18(9-11-4-6-21-10-11)15(19)13-8-12(16)2-3-14(13)17/h2-4,6,8,10H,5,7,9H2,1H3. The summed E-state index contributed by atoms with van der Waals surface area (Å²) in [5.41, 5.74) is 1.39. The predicted molar refractivity (Wildman–Crippen MR) is 84.5 cm³/mol. The molecule has 0 aliphatic rings. The summed E-state index contributed by atoms with van der Waals surface area (Å²) in [6.45, 7) is 1.38. The van der Waals surface area contributed by atoms with Gasteiger partial charge in [-0.1, -0.05) is 27.5 Å². The maximum Gasteiger partial charge on any atom is 0.255 e. The number of hydrogen-bond acceptors (Lipinski definition) is 3. The fraction of sp³-hybridized carbons (Fsp3) is 0.267. The molecule has 0 aliphatic heterocycles. The lowest BCUT2D eigenvalue weighted by Crippen LogP contribution is -2.33. The lowest BCUT2D eigenvalue weighted by molar-refractivity contribution is 0.0680. The van der Waals surface area contributed by atoms with Crippen molar-refractivity contribution in [1.82, 2.24) is 4.90 Å². The van der Waals surface area contributed by atoms with Gasteiger partial charge in [0.1, 0.15) is 0 Å². The number of rotatable bonds is 6. The smallest absolute Gasteiger partial charge is 0.255 e. The van der Waals surface area contributed by atoms with E-state index in [1.807, 2.05) is 6.07 Å². The van der Waals surface area contributed by atoms with Gasteiger partial charge in [-0.2, -0.15) is 0 Å². The minimum atomic E-state index is -0.139. The number of nitrogens with zero attached hydrogens (tertiary/aromatic N) is 1. The molecule has 0 N–H and O–H groups in total. The van der Waals surface area contributed by atoms with Gasteiger partial charge in [0.2, 0.25) is 0 Å². The first kappa shape index (κ1) is 16.1. The molecule has 6 heteroatoms. The van der Waals surface area contributed by atoms with Gasteiger partial charge in [0, 0.05) is 30.2 Å². The van der Waals surface area contributed by atoms with E-state index in [-0.39, 0.29) is 5.91 Å². The number of hydrogen-bond donors (Lipinski definition) is 0. The maximum atomic E-state index is 12.7. The summed E-state index contributed by atoms with van der Waals surface area (Å²) >= 11 is 9.49. The highest BCUT2D eigenvalue weighted by Crippen LogP contribution is 2.23. The van der Waals surface area contributed by atoms with E-state index in [1.165, 1.54) is 0 Å². The second kappa shape index (κ2) is 7.64. The SMILES string of the molecule is COCCN(Cc1ccoc1)C(=O)c1cc(Br)ccc1Cl. The predicted octanol–water partition coefficient (Wildman–Crippen LogP) is 3.98. The molecule has 0 spiro atoms. The zero-order chi connectivity index (χ0) is 15.2. The molecule has 1 aromatic carbocycles. The Morgan fingerprint density at radius 2 is 2.24 bits per heavy atom. The van der Waals surface area contributed by atoms with Crippen LogP contribution in [-0.4, -0.2) is 31.1 Å². The van der Waals surface area contributed by atoms with Crippen molar-refractivity contribution in [2.24, 2.45) is 0 Å². The van der Waals surface area contributed by atoms with Gasteiger partial charge in [-0.15, -0.1) is 0 Å². The van der Waals surface area contributed by atoms with E-state index in [9.17, 15) is 4.79 Å². The van der Waals surface area contributed by atoms with Crippen molar-refractivity contribution in [3.8, 4) is 0 Å². The molecule has 2 rings (SSSR count). The summed E-state index contributed by atoms with van der Waals surface area (Å²) in [4.78, 5) is 14.4. The average Bonchev–Trinajstić information content (AvgIpc) is 2.98. The third-order valence-corrected chi connectivity index (χ3v) is 3.79. The number of halogens is 2. The molecule has 112 valence electrons. The van der Waals surface area contributed by atoms with E-state index in [2.05, 4.69) is 15.9 Å². The molecule has 0 aliphatic carbocycles. The second-order valence-electron chi connectivity index (χ2n) is 4.48. The number of ether oxygens (including phenoxy) is 1. The van der Waals surface area contributed by atoms with Crippen LogP contribution in [0, 0.1) is 0 Å². The number of amides is 1. The zero-order valence-electron chi connectivity index (χ0n) is 11.5. The monoisotopic (exact) mass is 371 g/mol. The number of methoxy groups -OCH3 is 1. The first-order chi connectivity index (χ1) is 10.1. The van der Waals surface area contributed by atoms with Crippen LogP contribution in [-0.2, 0) is 11.3 Å². The molecule has 1 amide bonds. The minimum Gasteiger partial charge on any atom is -0.472 e. The molecule has 4 nitrogen and oxygen atoms in total. The largest absolute Gasteiger partial charge is 0.472 e. The topological polar surface area (TPSA) is 42.7 Å². The summed E-state index contributed by atoms with van der Waals surface area (Å²) in [7, 11) is 1.60. The van der Waals surface area contributed by atoms with Gasteiger partial charge in [0.15, 0.2) is 0 Å². The fourth-order valence-corrected chi connectivity index (χ4v) is 2.45. The van der Waals surface area contributed by atoms with E-state index < -0.39 is 0 Å². The van der Waals surface area contributed by atoms with Crippen LogP contribution in [0.25, 0.3) is 0 Å². The molecule has 0 unspecified atom stereocenters. The molecule has 0 saturated carbocycles. The summed E-state index contributed by atoms with van der Waals surface area (Å²) in [5, 5.41) is 0.429. The summed E-state index contributed by atoms with van der Waals surface area (Å²) in [5.74, 6) is -0.139. The number of benzene rings is 1. The fourth-order valence-electron chi connectivity index (χ4n) is 1.89. The number of furan rings is 1. The molecule has 1 heterocycles. The van der Waals surface area contributed by atoms with Crippen molar-refractivity contribution < 1.29 is 13.9 Å². The van der Waals surface area contributed by atoms with Crippen LogP contribution >= 0.6 is 27.5 Å². The van der Waals surface area contributed by atoms with Crippen LogP contribution in [0.5, 0.6) is 0 Å². The van der Waals surface area contributed by atoms with Crippen LogP contribution < -0.4 is 0 Å². The van der Waals surface area contributed by atoms with Crippen molar-refractivity contribution in [3.63, 3.8) is 0 Å². The molecule has 0 saturated heterocycles. The minimum absolute atomic E-state index is 0.139. The van der Waals surface area contributed by atoms with Crippen LogP contribution in [0.15, 0.2) is 45.7 Å². The van der Waals surface area contributed by atoms with Crippen molar-refractivity contribution in [3.05, 3.63) is 57.4 Å². The third-order valence-electron chi connectivity index (χ3n) is 2.96. The molecule has 0 atom stereocenters. The number of carbonyl (C=O) groups is 1. The normalized spacial score (nSPS) is 10.6. The molecule has 0 bridgehead atoms. The first-order valence-corrected chi connectivity index (χ1v) is 7.53. The lowest BCUT2D eigenvalue weighted by Gasteiger charge is -2.22. The first-order valence-electron chi connectivity index (χ1n) is 6.36. The van der Waals surface area contributed by atoms with E-state index >= 15 is 0 Å². The van der Waals surface area contributed by atoms with Crippen LogP contribution in [0.2, 0.25) is 5.02 Å². The van der Waals surface area contributed by atoms with E-state index in [4.69, 9.17) is 20.8 Å². The summed E-state index contributed by atoms with van der Waals surface area (Å²) in [6.07, 6.45) is 3.20. The lowest BCUT2D eigenvalue weighted by atomic mass is 10.2. The zero-order valence-corrected chi connectivity index (χ0v) is 13.9. The van der Waals surface area contributed by atoms with Crippen molar-refractivity contribution >= 4 is 33.4 Å². The Kier molecular flexibility index (Phi) is 5.85. The van der Waals surface area contributed by atoms with Gasteiger partial charge in [0.25, 0.3) is 5.91 Å². The van der Waals surface area contributed by atoms with Gasteiger partial charge in [0.05, 0.1) is 29.7 Å². The Hall–Kier alpha value is -1.30. The van der Waals surface area contributed by atoms with Gasteiger partial charge in [-0.25, -0.2) is 0 Å². The third kappa shape index (κ3) is 4.33. The second-order valence-corrected chi connectivity index (χ2v) is 5.80. The molecular weight excluding hydrogens is 358 g/mol. The summed E-state index contributed by atoms with van der Waals surface area (Å²) < 4.78 is 10.9. The Labute approximate surface area is 136 Å². The van der Waals surface area contributed by atoms with E-state index in [0.29, 0.717) is 30.3 Å². The van der Waals surface area contributed by atoms with E-state index in [0.717, 1.165) is 10.0 Å². The Morgan fingerprint density at radius 3 is 2.90 bits per heavy atom.